The van der Waals surface area contributed by atoms with Crippen LogP contribution in [-0.2, 0) is 44.7 Å². The van der Waals surface area contributed by atoms with Gasteiger partial charge < -0.3 is 29.4 Å². The van der Waals surface area contributed by atoms with Crippen molar-refractivity contribution in [3.63, 3.8) is 0 Å². The molecular formula is C34H45F3N2O9. The first-order valence-electron chi connectivity index (χ1n) is 16.8. The fourth-order valence-electron chi connectivity index (χ4n) is 7.31. The molecule has 0 radical (unpaired) electrons. The van der Waals surface area contributed by atoms with Gasteiger partial charge in [0.05, 0.1) is 13.2 Å². The highest BCUT2D eigenvalue weighted by molar-refractivity contribution is 5.93. The minimum Gasteiger partial charge on any atom is -0.458 e. The average Bonchev–Trinajstić information content (AvgIpc) is 3.60. The molecular weight excluding hydrogens is 637 g/mol. The number of hydroxylamine groups is 2. The lowest BCUT2D eigenvalue weighted by atomic mass is 9.62. The number of aliphatic hydroxyl groups is 1. The number of alkyl halides is 3. The number of nitrogens with one attached hydrogen (secondary N) is 1. The van der Waals surface area contributed by atoms with Gasteiger partial charge in [-0.25, -0.2) is 4.79 Å². The number of hydrogen-bond acceptors (Lipinski definition) is 10. The van der Waals surface area contributed by atoms with E-state index >= 15 is 0 Å². The van der Waals surface area contributed by atoms with Crippen LogP contribution in [0.4, 0.5) is 13.2 Å². The maximum atomic E-state index is 14.0. The van der Waals surface area contributed by atoms with Crippen molar-refractivity contribution in [2.75, 3.05) is 19.8 Å². The minimum absolute atomic E-state index is 0.00188. The third-order valence-corrected chi connectivity index (χ3v) is 9.50. The molecule has 266 valence electrons. The molecule has 0 spiro atoms. The summed E-state index contributed by atoms with van der Waals surface area (Å²) in [6.07, 6.45) is 2.12. The first-order chi connectivity index (χ1) is 22.9. The molecule has 4 fully saturated rings. The summed E-state index contributed by atoms with van der Waals surface area (Å²) >= 11 is 0. The van der Waals surface area contributed by atoms with Gasteiger partial charge in [-0.3, -0.25) is 14.4 Å². The monoisotopic (exact) mass is 682 g/mol. The second-order valence-corrected chi connectivity index (χ2v) is 13.0. The molecule has 3 heterocycles. The number of ether oxygens (including phenoxy) is 4. The Balaban J connectivity index is 1.38. The number of unbranched alkanes of at least 4 members (excludes halogenated alkanes) is 4. The SMILES string of the molecule is CCCCCC1(CCCCC)O[C@@H]2[C@H](O1)[C@H]1ON(Cc3ccc(C=CC(=O)OCC(F)(F)F)cc3)[C@H]3C(=O)O[C@@H]2C[C@@]13C(=O)NCCO. The van der Waals surface area contributed by atoms with Gasteiger partial charge in [0.1, 0.15) is 29.8 Å². The lowest BCUT2D eigenvalue weighted by Gasteiger charge is -2.48. The van der Waals surface area contributed by atoms with Crippen molar-refractivity contribution in [1.29, 1.82) is 0 Å². The number of rotatable bonds is 16. The Morgan fingerprint density at radius 1 is 1.06 bits per heavy atom. The smallest absolute Gasteiger partial charge is 0.422 e. The predicted octanol–water partition coefficient (Wildman–Crippen LogP) is 4.35. The molecule has 6 atom stereocenters. The van der Waals surface area contributed by atoms with Crippen LogP contribution in [0.3, 0.4) is 0 Å². The van der Waals surface area contributed by atoms with Gasteiger partial charge in [-0.15, -0.1) is 0 Å². The fourth-order valence-corrected chi connectivity index (χ4v) is 7.31. The van der Waals surface area contributed by atoms with Gasteiger partial charge in [-0.05, 0) is 30.0 Å². The first kappa shape index (κ1) is 36.2. The van der Waals surface area contributed by atoms with Gasteiger partial charge in [0.2, 0.25) is 5.91 Å². The summed E-state index contributed by atoms with van der Waals surface area (Å²) < 4.78 is 60.6. The average molecular weight is 683 g/mol. The summed E-state index contributed by atoms with van der Waals surface area (Å²) in [6.45, 7) is 2.39. The van der Waals surface area contributed by atoms with Crippen molar-refractivity contribution in [2.45, 2.75) is 121 Å². The molecule has 1 aromatic rings. The number of fused-ring (bicyclic) bond motifs is 4. The Labute approximate surface area is 278 Å². The summed E-state index contributed by atoms with van der Waals surface area (Å²) in [7, 11) is 0. The maximum Gasteiger partial charge on any atom is 0.422 e. The largest absolute Gasteiger partial charge is 0.458 e. The molecule has 1 amide bonds. The van der Waals surface area contributed by atoms with Crippen LogP contribution < -0.4 is 5.32 Å². The highest BCUT2D eigenvalue weighted by atomic mass is 19.4. The van der Waals surface area contributed by atoms with E-state index < -0.39 is 72.3 Å². The third kappa shape index (κ3) is 7.72. The molecule has 3 aliphatic heterocycles. The summed E-state index contributed by atoms with van der Waals surface area (Å²) in [6, 6.07) is 5.63. The van der Waals surface area contributed by atoms with E-state index in [0.29, 0.717) is 24.0 Å². The second-order valence-electron chi connectivity index (χ2n) is 13.0. The van der Waals surface area contributed by atoms with E-state index in [9.17, 15) is 32.7 Å². The number of nitrogens with zero attached hydrogens (tertiary/aromatic N) is 1. The normalized spacial score (nSPS) is 29.1. The maximum absolute atomic E-state index is 14.0. The van der Waals surface area contributed by atoms with Crippen LogP contribution in [0.1, 0.15) is 82.8 Å². The zero-order valence-corrected chi connectivity index (χ0v) is 27.3. The number of aliphatic hydroxyl groups excluding tert-OH is 1. The molecule has 2 bridgehead atoms. The van der Waals surface area contributed by atoms with Crippen molar-refractivity contribution in [1.82, 2.24) is 10.4 Å². The van der Waals surface area contributed by atoms with Crippen molar-refractivity contribution in [3.8, 4) is 0 Å². The van der Waals surface area contributed by atoms with E-state index in [-0.39, 0.29) is 26.1 Å². The molecule has 4 aliphatic rings. The predicted molar refractivity (Wildman–Crippen MR) is 164 cm³/mol. The topological polar surface area (TPSA) is 133 Å². The van der Waals surface area contributed by atoms with Crippen LogP contribution in [0.25, 0.3) is 6.08 Å². The number of halogens is 3. The Hall–Kier alpha value is -3.04. The van der Waals surface area contributed by atoms with Crippen molar-refractivity contribution in [3.05, 3.63) is 41.5 Å². The summed E-state index contributed by atoms with van der Waals surface area (Å²) in [5.41, 5.74) is -0.137. The fraction of sp³-hybridized carbons (Fsp3) is 0.676. The van der Waals surface area contributed by atoms with Gasteiger partial charge in [0, 0.05) is 31.9 Å². The molecule has 48 heavy (non-hydrogen) atoms. The molecule has 1 saturated carbocycles. The van der Waals surface area contributed by atoms with Gasteiger partial charge in [-0.1, -0.05) is 63.8 Å². The minimum atomic E-state index is -4.62. The highest BCUT2D eigenvalue weighted by Crippen LogP contribution is 2.58. The molecule has 2 N–H and O–H groups in total. The Morgan fingerprint density at radius 2 is 1.73 bits per heavy atom. The van der Waals surface area contributed by atoms with Crippen LogP contribution in [0.5, 0.6) is 0 Å². The van der Waals surface area contributed by atoms with Crippen LogP contribution in [0, 0.1) is 5.41 Å². The molecule has 11 nitrogen and oxygen atoms in total. The molecule has 0 unspecified atom stereocenters. The lowest BCUT2D eigenvalue weighted by Crippen LogP contribution is -2.69. The molecule has 0 aromatic heterocycles. The summed E-state index contributed by atoms with van der Waals surface area (Å²) in [5, 5.41) is 13.7. The molecule has 3 saturated heterocycles. The van der Waals surface area contributed by atoms with Crippen molar-refractivity contribution in [2.24, 2.45) is 5.41 Å². The van der Waals surface area contributed by atoms with Crippen LogP contribution in [-0.4, -0.2) is 90.2 Å². The van der Waals surface area contributed by atoms with Gasteiger partial charge >= 0.3 is 18.1 Å². The highest BCUT2D eigenvalue weighted by Gasteiger charge is 2.76. The second kappa shape index (κ2) is 15.2. The van der Waals surface area contributed by atoms with Gasteiger partial charge in [0.15, 0.2) is 18.4 Å². The number of esters is 2. The van der Waals surface area contributed by atoms with Crippen molar-refractivity contribution >= 4 is 23.9 Å². The summed E-state index contributed by atoms with van der Waals surface area (Å²) in [4.78, 5) is 45.9. The first-order valence-corrected chi connectivity index (χ1v) is 16.8. The van der Waals surface area contributed by atoms with E-state index in [1.54, 1.807) is 24.3 Å². The summed E-state index contributed by atoms with van der Waals surface area (Å²) in [5.74, 6) is -3.05. The van der Waals surface area contributed by atoms with E-state index in [2.05, 4.69) is 23.9 Å². The van der Waals surface area contributed by atoms with Gasteiger partial charge in [0.25, 0.3) is 0 Å². The number of amides is 1. The Kier molecular flexibility index (Phi) is 11.5. The molecule has 5 rings (SSSR count). The van der Waals surface area contributed by atoms with Crippen LogP contribution in [0.2, 0.25) is 0 Å². The quantitative estimate of drug-likeness (QED) is 0.147. The van der Waals surface area contributed by atoms with E-state index in [1.807, 2.05) is 0 Å². The van der Waals surface area contributed by atoms with Crippen LogP contribution >= 0.6 is 0 Å². The van der Waals surface area contributed by atoms with Gasteiger partial charge in [-0.2, -0.15) is 18.2 Å². The number of carbonyl (C=O) groups is 3. The van der Waals surface area contributed by atoms with E-state index in [4.69, 9.17) is 19.0 Å². The van der Waals surface area contributed by atoms with E-state index in [1.165, 1.54) is 11.1 Å². The number of hydrogen-bond donors (Lipinski definition) is 2. The molecule has 1 aliphatic carbocycles. The lowest BCUT2D eigenvalue weighted by molar-refractivity contribution is -0.224. The molecule has 14 heteroatoms. The Bertz CT molecular complexity index is 1310. The molecule has 1 aromatic carbocycles. The number of carbonyl (C=O) groups excluding carboxylic acids is 3. The number of benzene rings is 1. The zero-order valence-electron chi connectivity index (χ0n) is 27.3. The zero-order chi connectivity index (χ0) is 34.5. The third-order valence-electron chi connectivity index (χ3n) is 9.50. The standard InChI is InChI=1S/C34H45F3N2O9/c1-3-5-7-15-32(16-8-6-4-2)46-26-24-19-33(31(43)38-17-18-40)28(30(42)45-24)39(48-29(33)27(26)47-32)20-23-11-9-22(10-12-23)13-14-25(41)44-21-34(35,36)37/h9-14,24,26-29,40H,3-8,15-21H2,1-2H3,(H,38,43)/t24-,26+,27+,28+,29-,33+/m1/s1. The van der Waals surface area contributed by atoms with Crippen LogP contribution in [0.15, 0.2) is 30.3 Å². The Morgan fingerprint density at radius 3 is 2.35 bits per heavy atom. The van der Waals surface area contributed by atoms with E-state index in [0.717, 1.165) is 44.6 Å². The van der Waals surface area contributed by atoms with Crippen molar-refractivity contribution < 1.29 is 56.4 Å².